The fourth-order valence-corrected chi connectivity index (χ4v) is 3.18. The largest absolute Gasteiger partial charge is 0.378 e. The molecule has 0 bridgehead atoms. The Labute approximate surface area is 143 Å². The molecule has 0 atom stereocenters. The van der Waals surface area contributed by atoms with Gasteiger partial charge in [-0.05, 0) is 24.1 Å². The highest BCUT2D eigenvalue weighted by Gasteiger charge is 2.21. The van der Waals surface area contributed by atoms with Crippen molar-refractivity contribution in [2.24, 2.45) is 0 Å². The van der Waals surface area contributed by atoms with Gasteiger partial charge >= 0.3 is 0 Å². The second-order valence-corrected chi connectivity index (χ2v) is 6.71. The van der Waals surface area contributed by atoms with E-state index in [9.17, 15) is 4.79 Å². The van der Waals surface area contributed by atoms with Crippen molar-refractivity contribution in [1.29, 1.82) is 0 Å². The van der Waals surface area contributed by atoms with Crippen LogP contribution in [0.1, 0.15) is 36.0 Å². The Bertz CT molecular complexity index is 749. The summed E-state index contributed by atoms with van der Waals surface area (Å²) in [7, 11) is 4.09. The molecule has 1 aromatic carbocycles. The Morgan fingerprint density at radius 2 is 2.00 bits per heavy atom. The summed E-state index contributed by atoms with van der Waals surface area (Å²) in [6.07, 6.45) is 2.69. The van der Waals surface area contributed by atoms with Gasteiger partial charge in [-0.1, -0.05) is 19.1 Å². The molecule has 0 saturated heterocycles. The van der Waals surface area contributed by atoms with Crippen LogP contribution >= 0.6 is 0 Å². The highest BCUT2D eigenvalue weighted by molar-refractivity contribution is 5.46. The molecule has 0 fully saturated rings. The summed E-state index contributed by atoms with van der Waals surface area (Å²) >= 11 is 0. The minimum absolute atomic E-state index is 0.0381. The quantitative estimate of drug-likeness (QED) is 0.916. The Hall–Kier alpha value is -2.14. The van der Waals surface area contributed by atoms with Gasteiger partial charge in [0, 0.05) is 52.3 Å². The molecule has 1 N–H and O–H groups in total. The van der Waals surface area contributed by atoms with Crippen molar-refractivity contribution in [2.45, 2.75) is 39.3 Å². The lowest BCUT2D eigenvalue weighted by Crippen LogP contribution is -2.35. The van der Waals surface area contributed by atoms with Crippen LogP contribution < -0.4 is 10.5 Å². The van der Waals surface area contributed by atoms with Crippen molar-refractivity contribution in [3.63, 3.8) is 0 Å². The average Bonchev–Trinajstić information content (AvgIpc) is 2.56. The van der Waals surface area contributed by atoms with Crippen LogP contribution in [0.4, 0.5) is 5.69 Å². The number of H-pyrrole nitrogens is 1. The number of aryl methyl sites for hydroxylation is 1. The molecule has 5 heteroatoms. The van der Waals surface area contributed by atoms with E-state index in [1.54, 1.807) is 0 Å². The molecule has 1 aliphatic heterocycles. The van der Waals surface area contributed by atoms with Crippen molar-refractivity contribution in [1.82, 2.24) is 14.9 Å². The summed E-state index contributed by atoms with van der Waals surface area (Å²) in [6, 6.07) is 8.60. The first-order valence-corrected chi connectivity index (χ1v) is 8.66. The highest BCUT2D eigenvalue weighted by Crippen LogP contribution is 2.18. The van der Waals surface area contributed by atoms with Gasteiger partial charge in [0.15, 0.2) is 0 Å². The highest BCUT2D eigenvalue weighted by atomic mass is 16.1. The second-order valence-electron chi connectivity index (χ2n) is 6.71. The van der Waals surface area contributed by atoms with Crippen LogP contribution in [0.2, 0.25) is 0 Å². The molecule has 0 radical (unpaired) electrons. The summed E-state index contributed by atoms with van der Waals surface area (Å²) in [5.41, 5.74) is 4.34. The number of rotatable bonds is 5. The first kappa shape index (κ1) is 16.7. The molecule has 128 valence electrons. The standard InChI is InChI=1S/C19H26N4O/c1-4-5-18-20-17-10-11-23(13-16(17)19(24)21-18)12-14-6-8-15(9-7-14)22(2)3/h6-9H,4-5,10-13H2,1-3H3,(H,20,21,24). The summed E-state index contributed by atoms with van der Waals surface area (Å²) in [5, 5.41) is 0. The third-order valence-corrected chi connectivity index (χ3v) is 4.54. The van der Waals surface area contributed by atoms with Crippen LogP contribution in [0.15, 0.2) is 29.1 Å². The maximum atomic E-state index is 12.3. The molecule has 0 spiro atoms. The summed E-state index contributed by atoms with van der Waals surface area (Å²) < 4.78 is 0. The van der Waals surface area contributed by atoms with E-state index in [0.717, 1.165) is 49.4 Å². The van der Waals surface area contributed by atoms with Gasteiger partial charge in [-0.25, -0.2) is 4.98 Å². The summed E-state index contributed by atoms with van der Waals surface area (Å²) in [4.78, 5) is 24.4. The van der Waals surface area contributed by atoms with Crippen molar-refractivity contribution in [3.8, 4) is 0 Å². The molecule has 0 aliphatic carbocycles. The monoisotopic (exact) mass is 326 g/mol. The van der Waals surface area contributed by atoms with E-state index in [2.05, 4.69) is 51.0 Å². The Kier molecular flexibility index (Phi) is 5.00. The van der Waals surface area contributed by atoms with Gasteiger partial charge in [-0.15, -0.1) is 0 Å². The zero-order valence-corrected chi connectivity index (χ0v) is 14.8. The van der Waals surface area contributed by atoms with E-state index in [4.69, 9.17) is 0 Å². The molecular weight excluding hydrogens is 300 g/mol. The van der Waals surface area contributed by atoms with E-state index < -0.39 is 0 Å². The van der Waals surface area contributed by atoms with Crippen LogP contribution in [0, 0.1) is 0 Å². The summed E-state index contributed by atoms with van der Waals surface area (Å²) in [5.74, 6) is 0.828. The van der Waals surface area contributed by atoms with Crippen LogP contribution in [0.25, 0.3) is 0 Å². The number of nitrogens with zero attached hydrogens (tertiary/aromatic N) is 3. The third-order valence-electron chi connectivity index (χ3n) is 4.54. The van der Waals surface area contributed by atoms with Gasteiger partial charge in [0.25, 0.3) is 5.56 Å². The predicted molar refractivity (Wildman–Crippen MR) is 97.4 cm³/mol. The number of aromatic nitrogens is 2. The molecule has 2 heterocycles. The van der Waals surface area contributed by atoms with E-state index >= 15 is 0 Å². The number of nitrogens with one attached hydrogen (secondary N) is 1. The van der Waals surface area contributed by atoms with E-state index in [1.807, 2.05) is 14.1 Å². The second kappa shape index (κ2) is 7.18. The van der Waals surface area contributed by atoms with Gasteiger partial charge in [0.05, 0.1) is 11.3 Å². The van der Waals surface area contributed by atoms with Gasteiger partial charge in [0.1, 0.15) is 5.82 Å². The van der Waals surface area contributed by atoms with Crippen LogP contribution in [0.3, 0.4) is 0 Å². The smallest absolute Gasteiger partial charge is 0.255 e. The van der Waals surface area contributed by atoms with Crippen molar-refractivity contribution in [3.05, 3.63) is 57.3 Å². The van der Waals surface area contributed by atoms with E-state index in [0.29, 0.717) is 6.54 Å². The normalized spacial score (nSPS) is 14.5. The Balaban J connectivity index is 1.72. The number of hydrogen-bond acceptors (Lipinski definition) is 4. The number of benzene rings is 1. The molecular formula is C19H26N4O. The van der Waals surface area contributed by atoms with E-state index in [-0.39, 0.29) is 5.56 Å². The summed E-state index contributed by atoms with van der Waals surface area (Å²) in [6.45, 7) is 4.59. The fourth-order valence-electron chi connectivity index (χ4n) is 3.18. The third kappa shape index (κ3) is 3.67. The lowest BCUT2D eigenvalue weighted by molar-refractivity contribution is 0.241. The minimum atomic E-state index is 0.0381. The van der Waals surface area contributed by atoms with E-state index in [1.165, 1.54) is 11.3 Å². The number of aromatic amines is 1. The molecule has 0 saturated carbocycles. The van der Waals surface area contributed by atoms with Gasteiger partial charge in [0.2, 0.25) is 0 Å². The zero-order valence-electron chi connectivity index (χ0n) is 14.8. The topological polar surface area (TPSA) is 52.2 Å². The molecule has 24 heavy (non-hydrogen) atoms. The van der Waals surface area contributed by atoms with Crippen molar-refractivity contribution >= 4 is 5.69 Å². The molecule has 0 unspecified atom stereocenters. The SMILES string of the molecule is CCCc1nc2c(c(=O)[nH]1)CN(Cc1ccc(N(C)C)cc1)CC2. The van der Waals surface area contributed by atoms with Crippen molar-refractivity contribution < 1.29 is 0 Å². The zero-order chi connectivity index (χ0) is 17.1. The van der Waals surface area contributed by atoms with Crippen molar-refractivity contribution in [2.75, 3.05) is 25.5 Å². The number of fused-ring (bicyclic) bond motifs is 1. The van der Waals surface area contributed by atoms with Crippen LogP contribution in [0.5, 0.6) is 0 Å². The molecule has 5 nitrogen and oxygen atoms in total. The first-order valence-electron chi connectivity index (χ1n) is 8.66. The molecule has 2 aromatic rings. The molecule has 1 aromatic heterocycles. The molecule has 3 rings (SSSR count). The molecule has 1 aliphatic rings. The average molecular weight is 326 g/mol. The van der Waals surface area contributed by atoms with Gasteiger partial charge in [-0.2, -0.15) is 0 Å². The number of anilines is 1. The van der Waals surface area contributed by atoms with Gasteiger partial charge in [-0.3, -0.25) is 9.69 Å². The molecule has 0 amide bonds. The lowest BCUT2D eigenvalue weighted by Gasteiger charge is -2.28. The minimum Gasteiger partial charge on any atom is -0.378 e. The van der Waals surface area contributed by atoms with Gasteiger partial charge < -0.3 is 9.88 Å². The lowest BCUT2D eigenvalue weighted by atomic mass is 10.1. The first-order chi connectivity index (χ1) is 11.6. The van der Waals surface area contributed by atoms with Crippen LogP contribution in [-0.4, -0.2) is 35.5 Å². The Morgan fingerprint density at radius 3 is 2.67 bits per heavy atom. The van der Waals surface area contributed by atoms with Crippen LogP contribution in [-0.2, 0) is 25.9 Å². The fraction of sp³-hybridized carbons (Fsp3) is 0.474. The number of hydrogen-bond donors (Lipinski definition) is 1. The maximum absolute atomic E-state index is 12.3. The Morgan fingerprint density at radius 1 is 1.25 bits per heavy atom. The predicted octanol–water partition coefficient (Wildman–Crippen LogP) is 2.35. The maximum Gasteiger partial charge on any atom is 0.255 e.